The van der Waals surface area contributed by atoms with E-state index in [1.807, 2.05) is 17.9 Å². The van der Waals surface area contributed by atoms with Crippen LogP contribution in [-0.2, 0) is 11.3 Å². The van der Waals surface area contributed by atoms with Crippen LogP contribution in [-0.4, -0.2) is 29.2 Å². The molecule has 0 radical (unpaired) electrons. The highest BCUT2D eigenvalue weighted by Crippen LogP contribution is 2.24. The lowest BCUT2D eigenvalue weighted by Gasteiger charge is -2.24. The summed E-state index contributed by atoms with van der Waals surface area (Å²) in [4.78, 5) is 26.4. The Morgan fingerprint density at radius 1 is 1.23 bits per heavy atom. The highest BCUT2D eigenvalue weighted by Gasteiger charge is 2.31. The maximum Gasteiger partial charge on any atom is 0.241 e. The Labute approximate surface area is 153 Å². The number of nitrogens with one attached hydrogen (secondary N) is 1. The summed E-state index contributed by atoms with van der Waals surface area (Å²) in [6, 6.07) is 11.7. The van der Waals surface area contributed by atoms with E-state index in [0.29, 0.717) is 23.4 Å². The van der Waals surface area contributed by atoms with Crippen molar-refractivity contribution in [2.75, 3.05) is 11.9 Å². The predicted octanol–water partition coefficient (Wildman–Crippen LogP) is 3.94. The molecule has 0 spiro atoms. The minimum absolute atomic E-state index is 0.0393. The van der Waals surface area contributed by atoms with Gasteiger partial charge in [-0.1, -0.05) is 30.3 Å². The Morgan fingerprint density at radius 2 is 2.00 bits per heavy atom. The first-order valence-corrected chi connectivity index (χ1v) is 8.85. The van der Waals surface area contributed by atoms with Crippen LogP contribution in [0.3, 0.4) is 0 Å². The van der Waals surface area contributed by atoms with Crippen molar-refractivity contribution in [3.8, 4) is 0 Å². The zero-order chi connectivity index (χ0) is 18.7. The summed E-state index contributed by atoms with van der Waals surface area (Å²) < 4.78 is 13.9. The van der Waals surface area contributed by atoms with Crippen LogP contribution >= 0.6 is 0 Å². The lowest BCUT2D eigenvalue weighted by Crippen LogP contribution is -2.39. The number of hydrogen-bond donors (Lipinski definition) is 1. The third-order valence-electron chi connectivity index (χ3n) is 4.90. The SMILES string of the molecule is CC(=O)c1ccc(C)c(NC(=O)C2CCCN2Cc2ccccc2F)c1. The highest BCUT2D eigenvalue weighted by molar-refractivity contribution is 5.99. The van der Waals surface area contributed by atoms with Crippen LogP contribution in [0.2, 0.25) is 0 Å². The Morgan fingerprint density at radius 3 is 2.73 bits per heavy atom. The van der Waals surface area contributed by atoms with Gasteiger partial charge in [0.05, 0.1) is 6.04 Å². The molecular weight excluding hydrogens is 331 g/mol. The number of benzene rings is 2. The number of carbonyl (C=O) groups excluding carboxylic acids is 2. The smallest absolute Gasteiger partial charge is 0.241 e. The number of aryl methyl sites for hydroxylation is 1. The molecule has 1 atom stereocenters. The van der Waals surface area contributed by atoms with Gasteiger partial charge in [0.15, 0.2) is 5.78 Å². The number of halogens is 1. The average Bonchev–Trinajstić information content (AvgIpc) is 3.07. The van der Waals surface area contributed by atoms with Gasteiger partial charge in [-0.2, -0.15) is 0 Å². The molecule has 2 aromatic carbocycles. The van der Waals surface area contributed by atoms with Crippen LogP contribution in [0.5, 0.6) is 0 Å². The topological polar surface area (TPSA) is 49.4 Å². The summed E-state index contributed by atoms with van der Waals surface area (Å²) in [6.45, 7) is 4.57. The molecule has 0 aliphatic carbocycles. The quantitative estimate of drug-likeness (QED) is 0.828. The average molecular weight is 354 g/mol. The molecule has 1 heterocycles. The summed E-state index contributed by atoms with van der Waals surface area (Å²) in [5.41, 5.74) is 2.73. The Bertz CT molecular complexity index is 835. The van der Waals surface area contributed by atoms with Crippen molar-refractivity contribution in [2.24, 2.45) is 0 Å². The maximum absolute atomic E-state index is 13.9. The maximum atomic E-state index is 13.9. The zero-order valence-corrected chi connectivity index (χ0v) is 15.1. The molecule has 136 valence electrons. The van der Waals surface area contributed by atoms with Crippen LogP contribution in [0.1, 0.15) is 41.3 Å². The van der Waals surface area contributed by atoms with E-state index in [1.54, 1.807) is 30.3 Å². The molecule has 1 saturated heterocycles. The lowest BCUT2D eigenvalue weighted by molar-refractivity contribution is -0.120. The molecule has 26 heavy (non-hydrogen) atoms. The molecule has 1 aliphatic heterocycles. The van der Waals surface area contributed by atoms with Gasteiger partial charge in [0.2, 0.25) is 5.91 Å². The van der Waals surface area contributed by atoms with E-state index < -0.39 is 0 Å². The molecule has 0 aromatic heterocycles. The third-order valence-corrected chi connectivity index (χ3v) is 4.90. The van der Waals surface area contributed by atoms with E-state index in [1.165, 1.54) is 13.0 Å². The van der Waals surface area contributed by atoms with Gasteiger partial charge in [0.1, 0.15) is 5.82 Å². The van der Waals surface area contributed by atoms with Crippen molar-refractivity contribution in [3.05, 3.63) is 65.0 Å². The van der Waals surface area contributed by atoms with Crippen molar-refractivity contribution < 1.29 is 14.0 Å². The summed E-state index contributed by atoms with van der Waals surface area (Å²) in [5, 5.41) is 2.95. The summed E-state index contributed by atoms with van der Waals surface area (Å²) in [7, 11) is 0. The first-order chi connectivity index (χ1) is 12.5. The second-order valence-electron chi connectivity index (χ2n) is 6.80. The van der Waals surface area contributed by atoms with E-state index in [2.05, 4.69) is 5.32 Å². The normalized spacial score (nSPS) is 17.3. The molecule has 1 fully saturated rings. The molecule has 1 N–H and O–H groups in total. The fourth-order valence-electron chi connectivity index (χ4n) is 3.35. The van der Waals surface area contributed by atoms with Crippen LogP contribution in [0.25, 0.3) is 0 Å². The van der Waals surface area contributed by atoms with Gasteiger partial charge < -0.3 is 5.32 Å². The van der Waals surface area contributed by atoms with Crippen molar-refractivity contribution in [2.45, 2.75) is 39.3 Å². The van der Waals surface area contributed by atoms with Gasteiger partial charge in [-0.15, -0.1) is 0 Å². The van der Waals surface area contributed by atoms with Crippen molar-refractivity contribution in [3.63, 3.8) is 0 Å². The first-order valence-electron chi connectivity index (χ1n) is 8.85. The number of ketones is 1. The second-order valence-corrected chi connectivity index (χ2v) is 6.80. The summed E-state index contributed by atoms with van der Waals surface area (Å²) >= 11 is 0. The number of likely N-dealkylation sites (tertiary alicyclic amines) is 1. The second kappa shape index (κ2) is 7.79. The summed E-state index contributed by atoms with van der Waals surface area (Å²) in [5.74, 6) is -0.395. The number of rotatable bonds is 5. The molecule has 1 amide bonds. The molecular formula is C21H23FN2O2. The van der Waals surface area contributed by atoms with Gasteiger partial charge in [0, 0.05) is 23.4 Å². The zero-order valence-electron chi connectivity index (χ0n) is 15.1. The van der Waals surface area contributed by atoms with Crippen LogP contribution in [0.15, 0.2) is 42.5 Å². The molecule has 3 rings (SSSR count). The van der Waals surface area contributed by atoms with E-state index in [0.717, 1.165) is 24.9 Å². The number of hydrogen-bond acceptors (Lipinski definition) is 3. The Hall–Kier alpha value is -2.53. The van der Waals surface area contributed by atoms with Gasteiger partial charge >= 0.3 is 0 Å². The van der Waals surface area contributed by atoms with Crippen molar-refractivity contribution >= 4 is 17.4 Å². The predicted molar refractivity (Wildman–Crippen MR) is 99.6 cm³/mol. The monoisotopic (exact) mass is 354 g/mol. The number of anilines is 1. The molecule has 5 heteroatoms. The number of nitrogens with zero attached hydrogens (tertiary/aromatic N) is 1. The Balaban J connectivity index is 1.74. The van der Waals surface area contributed by atoms with Gasteiger partial charge in [-0.05, 0) is 50.9 Å². The number of amides is 1. The fourth-order valence-corrected chi connectivity index (χ4v) is 3.35. The molecule has 0 bridgehead atoms. The van der Waals surface area contributed by atoms with Crippen LogP contribution in [0.4, 0.5) is 10.1 Å². The van der Waals surface area contributed by atoms with Crippen LogP contribution in [0, 0.1) is 12.7 Å². The highest BCUT2D eigenvalue weighted by atomic mass is 19.1. The minimum atomic E-state index is -0.296. The van der Waals surface area contributed by atoms with Crippen molar-refractivity contribution in [1.29, 1.82) is 0 Å². The van der Waals surface area contributed by atoms with Gasteiger partial charge in [0.25, 0.3) is 0 Å². The van der Waals surface area contributed by atoms with E-state index in [-0.39, 0.29) is 23.5 Å². The first kappa shape index (κ1) is 18.3. The van der Waals surface area contributed by atoms with E-state index in [9.17, 15) is 14.0 Å². The largest absolute Gasteiger partial charge is 0.324 e. The Kier molecular flexibility index (Phi) is 5.47. The van der Waals surface area contributed by atoms with Crippen molar-refractivity contribution in [1.82, 2.24) is 4.90 Å². The van der Waals surface area contributed by atoms with Gasteiger partial charge in [-0.25, -0.2) is 4.39 Å². The molecule has 4 nitrogen and oxygen atoms in total. The molecule has 1 aliphatic rings. The summed E-state index contributed by atoms with van der Waals surface area (Å²) in [6.07, 6.45) is 1.64. The standard InChI is InChI=1S/C21H23FN2O2/c1-14-9-10-16(15(2)25)12-19(14)23-21(26)20-8-5-11-24(20)13-17-6-3-4-7-18(17)22/h3-4,6-7,9-10,12,20H,5,8,11,13H2,1-2H3,(H,23,26). The third kappa shape index (κ3) is 3.99. The fraction of sp³-hybridized carbons (Fsp3) is 0.333. The number of Topliss-reactive ketones (excluding diaryl/α,β-unsaturated/α-hetero) is 1. The van der Waals surface area contributed by atoms with E-state index >= 15 is 0 Å². The minimum Gasteiger partial charge on any atom is -0.324 e. The van der Waals surface area contributed by atoms with E-state index in [4.69, 9.17) is 0 Å². The lowest BCUT2D eigenvalue weighted by atomic mass is 10.1. The number of carbonyl (C=O) groups is 2. The molecule has 1 unspecified atom stereocenters. The molecule has 2 aromatic rings. The van der Waals surface area contributed by atoms with Crippen LogP contribution < -0.4 is 5.32 Å². The molecule has 0 saturated carbocycles. The van der Waals surface area contributed by atoms with Gasteiger partial charge in [-0.3, -0.25) is 14.5 Å².